The summed E-state index contributed by atoms with van der Waals surface area (Å²) in [6.07, 6.45) is 0.234. The highest BCUT2D eigenvalue weighted by atomic mass is 19.1. The van der Waals surface area contributed by atoms with Crippen molar-refractivity contribution in [3.63, 3.8) is 0 Å². The van der Waals surface area contributed by atoms with Crippen molar-refractivity contribution in [2.24, 2.45) is 5.73 Å². The molecule has 4 nitrogen and oxygen atoms in total. The third-order valence-electron chi connectivity index (χ3n) is 1.95. The number of nitro benzene ring substituents is 1. The summed E-state index contributed by atoms with van der Waals surface area (Å²) in [5, 5.41) is 10.3. The molecule has 2 N–H and O–H groups in total. The van der Waals surface area contributed by atoms with Gasteiger partial charge in [-0.05, 0) is 12.0 Å². The van der Waals surface area contributed by atoms with Crippen LogP contribution in [-0.2, 0) is 0 Å². The summed E-state index contributed by atoms with van der Waals surface area (Å²) >= 11 is 0. The summed E-state index contributed by atoms with van der Waals surface area (Å²) < 4.78 is 11.9. The molecule has 0 spiro atoms. The van der Waals surface area contributed by atoms with Gasteiger partial charge >= 0.3 is 0 Å². The van der Waals surface area contributed by atoms with Crippen LogP contribution in [-0.4, -0.2) is 11.6 Å². The average Bonchev–Trinajstić information content (AvgIpc) is 2.18. The van der Waals surface area contributed by atoms with Crippen LogP contribution in [0.2, 0.25) is 0 Å². The fraction of sp³-hybridized carbons (Fsp3) is 0.333. The van der Waals surface area contributed by atoms with E-state index in [1.807, 2.05) is 0 Å². The number of nitrogens with zero attached hydrogens (tertiary/aromatic N) is 1. The molecule has 1 aromatic carbocycles. The third-order valence-corrected chi connectivity index (χ3v) is 1.95. The second-order valence-electron chi connectivity index (χ2n) is 2.93. The normalized spacial score (nSPS) is 12.4. The minimum atomic E-state index is -0.488. The molecule has 0 bridgehead atoms. The van der Waals surface area contributed by atoms with E-state index in [0.717, 1.165) is 0 Å². The number of nitrogens with two attached hydrogens (primary N) is 1. The predicted octanol–water partition coefficient (Wildman–Crippen LogP) is 1.95. The first-order valence-electron chi connectivity index (χ1n) is 4.21. The highest BCUT2D eigenvalue weighted by Crippen LogP contribution is 2.18. The highest BCUT2D eigenvalue weighted by Gasteiger charge is 2.08. The number of hydrogen-bond acceptors (Lipinski definition) is 3. The van der Waals surface area contributed by atoms with Crippen molar-refractivity contribution in [3.8, 4) is 0 Å². The Morgan fingerprint density at radius 3 is 2.43 bits per heavy atom. The van der Waals surface area contributed by atoms with E-state index in [-0.39, 0.29) is 18.2 Å². The van der Waals surface area contributed by atoms with Crippen LogP contribution in [0.15, 0.2) is 24.3 Å². The smallest absolute Gasteiger partial charge is 0.269 e. The van der Waals surface area contributed by atoms with Gasteiger partial charge in [0, 0.05) is 18.2 Å². The first-order valence-corrected chi connectivity index (χ1v) is 4.21. The lowest BCUT2D eigenvalue weighted by Crippen LogP contribution is -2.10. The van der Waals surface area contributed by atoms with E-state index in [2.05, 4.69) is 0 Å². The molecule has 76 valence electrons. The molecule has 0 amide bonds. The molecule has 0 aliphatic carbocycles. The molecule has 0 aromatic heterocycles. The zero-order chi connectivity index (χ0) is 10.6. The fourth-order valence-electron chi connectivity index (χ4n) is 1.13. The first kappa shape index (κ1) is 10.6. The molecule has 0 saturated heterocycles. The number of nitro groups is 1. The quantitative estimate of drug-likeness (QED) is 0.593. The molecular formula is C9H11FN2O2. The van der Waals surface area contributed by atoms with Gasteiger partial charge in [-0.3, -0.25) is 14.5 Å². The largest absolute Gasteiger partial charge is 0.324 e. The Kier molecular flexibility index (Phi) is 3.53. The Labute approximate surface area is 80.7 Å². The Balaban J connectivity index is 2.77. The Morgan fingerprint density at radius 1 is 1.43 bits per heavy atom. The van der Waals surface area contributed by atoms with Gasteiger partial charge in [0.2, 0.25) is 0 Å². The third kappa shape index (κ3) is 2.50. The minimum Gasteiger partial charge on any atom is -0.324 e. The number of halogens is 1. The molecule has 14 heavy (non-hydrogen) atoms. The van der Waals surface area contributed by atoms with Crippen LogP contribution in [0.1, 0.15) is 18.0 Å². The maximum atomic E-state index is 11.9. The lowest BCUT2D eigenvalue weighted by Gasteiger charge is -2.08. The van der Waals surface area contributed by atoms with Crippen LogP contribution >= 0.6 is 0 Å². The maximum absolute atomic E-state index is 11.9. The fourth-order valence-corrected chi connectivity index (χ4v) is 1.13. The Morgan fingerprint density at radius 2 is 2.00 bits per heavy atom. The second kappa shape index (κ2) is 4.66. The van der Waals surface area contributed by atoms with Gasteiger partial charge in [-0.25, -0.2) is 0 Å². The van der Waals surface area contributed by atoms with Gasteiger partial charge in [-0.15, -0.1) is 0 Å². The van der Waals surface area contributed by atoms with E-state index in [4.69, 9.17) is 5.73 Å². The van der Waals surface area contributed by atoms with Gasteiger partial charge in [0.25, 0.3) is 5.69 Å². The zero-order valence-corrected chi connectivity index (χ0v) is 7.52. The number of benzene rings is 1. The summed E-state index contributed by atoms with van der Waals surface area (Å²) in [6, 6.07) is 5.46. The van der Waals surface area contributed by atoms with E-state index < -0.39 is 11.6 Å². The van der Waals surface area contributed by atoms with Crippen LogP contribution < -0.4 is 5.73 Å². The van der Waals surface area contributed by atoms with E-state index >= 15 is 0 Å². The molecule has 0 heterocycles. The minimum absolute atomic E-state index is 0.0150. The summed E-state index contributed by atoms with van der Waals surface area (Å²) in [5.74, 6) is 0. The van der Waals surface area contributed by atoms with Crippen molar-refractivity contribution in [1.29, 1.82) is 0 Å². The lowest BCUT2D eigenvalue weighted by molar-refractivity contribution is -0.384. The summed E-state index contributed by atoms with van der Waals surface area (Å²) in [4.78, 5) is 9.84. The number of rotatable bonds is 4. The van der Waals surface area contributed by atoms with E-state index in [0.29, 0.717) is 5.56 Å². The molecule has 5 heteroatoms. The van der Waals surface area contributed by atoms with Gasteiger partial charge in [0.05, 0.1) is 11.6 Å². The molecule has 0 radical (unpaired) electrons. The van der Waals surface area contributed by atoms with Gasteiger partial charge in [-0.1, -0.05) is 12.1 Å². The molecular weight excluding hydrogens is 187 g/mol. The van der Waals surface area contributed by atoms with Crippen molar-refractivity contribution in [2.75, 3.05) is 6.67 Å². The van der Waals surface area contributed by atoms with Gasteiger partial charge in [-0.2, -0.15) is 0 Å². The van der Waals surface area contributed by atoms with E-state index in [9.17, 15) is 14.5 Å². The summed E-state index contributed by atoms with van der Waals surface area (Å²) in [6.45, 7) is -0.488. The molecule has 0 unspecified atom stereocenters. The monoisotopic (exact) mass is 198 g/mol. The van der Waals surface area contributed by atoms with Gasteiger partial charge < -0.3 is 5.73 Å². The number of non-ortho nitro benzene ring substituents is 1. The second-order valence-corrected chi connectivity index (χ2v) is 2.93. The standard InChI is InChI=1S/C9H11FN2O2/c10-6-5-9(11)7-1-3-8(4-2-7)12(13)14/h1-4,9H,5-6,11H2/t9-/m0/s1. The van der Waals surface area contributed by atoms with Crippen molar-refractivity contribution in [1.82, 2.24) is 0 Å². The lowest BCUT2D eigenvalue weighted by atomic mass is 10.1. The van der Waals surface area contributed by atoms with Crippen molar-refractivity contribution >= 4 is 5.69 Å². The van der Waals surface area contributed by atoms with Gasteiger partial charge in [0.15, 0.2) is 0 Å². The van der Waals surface area contributed by atoms with Crippen molar-refractivity contribution < 1.29 is 9.31 Å². The van der Waals surface area contributed by atoms with Gasteiger partial charge in [0.1, 0.15) is 0 Å². The van der Waals surface area contributed by atoms with Crippen LogP contribution in [0.25, 0.3) is 0 Å². The van der Waals surface area contributed by atoms with Crippen molar-refractivity contribution in [3.05, 3.63) is 39.9 Å². The predicted molar refractivity (Wildman–Crippen MR) is 50.6 cm³/mol. The number of alkyl halides is 1. The number of hydrogen-bond donors (Lipinski definition) is 1. The Bertz CT molecular complexity index is 313. The molecule has 0 saturated carbocycles. The van der Waals surface area contributed by atoms with Crippen LogP contribution in [0.4, 0.5) is 10.1 Å². The molecule has 0 fully saturated rings. The maximum Gasteiger partial charge on any atom is 0.269 e. The Hall–Kier alpha value is -1.49. The van der Waals surface area contributed by atoms with Crippen LogP contribution in [0.5, 0.6) is 0 Å². The highest BCUT2D eigenvalue weighted by molar-refractivity contribution is 5.34. The average molecular weight is 198 g/mol. The van der Waals surface area contributed by atoms with Crippen LogP contribution in [0.3, 0.4) is 0 Å². The molecule has 1 aromatic rings. The first-order chi connectivity index (χ1) is 6.65. The topological polar surface area (TPSA) is 69.2 Å². The molecule has 0 aliphatic rings. The van der Waals surface area contributed by atoms with E-state index in [1.165, 1.54) is 12.1 Å². The molecule has 1 rings (SSSR count). The SMILES string of the molecule is N[C@@H](CCF)c1ccc([N+](=O)[O-])cc1. The van der Waals surface area contributed by atoms with Crippen molar-refractivity contribution in [2.45, 2.75) is 12.5 Å². The van der Waals surface area contributed by atoms with Crippen LogP contribution in [0, 0.1) is 10.1 Å². The van der Waals surface area contributed by atoms with E-state index in [1.54, 1.807) is 12.1 Å². The summed E-state index contributed by atoms with van der Waals surface area (Å²) in [7, 11) is 0. The molecule has 0 aliphatic heterocycles. The zero-order valence-electron chi connectivity index (χ0n) is 7.52. The molecule has 1 atom stereocenters. The summed E-state index contributed by atoms with van der Waals surface area (Å²) in [5.41, 5.74) is 6.35.